The lowest BCUT2D eigenvalue weighted by atomic mass is 10.3. The van der Waals surface area contributed by atoms with Gasteiger partial charge in [0.2, 0.25) is 9.84 Å². The van der Waals surface area contributed by atoms with Crippen molar-refractivity contribution in [2.24, 2.45) is 0 Å². The molecule has 1 heterocycles. The summed E-state index contributed by atoms with van der Waals surface area (Å²) in [6, 6.07) is 8.38. The number of nitrogen functional groups attached to an aromatic ring is 1. The summed E-state index contributed by atoms with van der Waals surface area (Å²) in [6.45, 7) is 4.93. The third kappa shape index (κ3) is 2.89. The molecule has 2 rings (SSSR count). The molecule has 0 spiro atoms. The van der Waals surface area contributed by atoms with Crippen molar-refractivity contribution in [3.05, 3.63) is 41.6 Å². The molecule has 0 atom stereocenters. The third-order valence-electron chi connectivity index (χ3n) is 3.86. The second-order valence-corrected chi connectivity index (χ2v) is 7.13. The number of benzene rings is 1. The van der Waals surface area contributed by atoms with E-state index in [2.05, 4.69) is 0 Å². The van der Waals surface area contributed by atoms with Gasteiger partial charge in [0, 0.05) is 26.0 Å². The van der Waals surface area contributed by atoms with Crippen LogP contribution < -0.4 is 5.73 Å². The van der Waals surface area contributed by atoms with E-state index in [-0.39, 0.29) is 9.79 Å². The lowest BCUT2D eigenvalue weighted by Gasteiger charge is -2.09. The molecule has 0 bridgehead atoms. The van der Waals surface area contributed by atoms with Crippen LogP contribution in [0.15, 0.2) is 40.1 Å². The maximum atomic E-state index is 12.9. The maximum Gasteiger partial charge on any atom is 0.210 e. The van der Waals surface area contributed by atoms with E-state index in [0.717, 1.165) is 12.1 Å². The van der Waals surface area contributed by atoms with Crippen LogP contribution in [-0.2, 0) is 21.1 Å². The Morgan fingerprint density at radius 1 is 1.18 bits per heavy atom. The molecule has 0 radical (unpaired) electrons. The van der Waals surface area contributed by atoms with E-state index in [1.54, 1.807) is 44.4 Å². The number of rotatable bonds is 6. The van der Waals surface area contributed by atoms with Crippen molar-refractivity contribution in [2.75, 3.05) is 19.5 Å². The fourth-order valence-electron chi connectivity index (χ4n) is 2.57. The van der Waals surface area contributed by atoms with Gasteiger partial charge in [-0.05, 0) is 38.0 Å². The first-order valence-corrected chi connectivity index (χ1v) is 8.63. The second kappa shape index (κ2) is 6.54. The van der Waals surface area contributed by atoms with Crippen molar-refractivity contribution in [2.45, 2.75) is 36.6 Å². The smallest absolute Gasteiger partial charge is 0.210 e. The van der Waals surface area contributed by atoms with Gasteiger partial charge in [0.15, 0.2) is 0 Å². The summed E-state index contributed by atoms with van der Waals surface area (Å²) in [5, 5.41) is 0. The van der Waals surface area contributed by atoms with Crippen molar-refractivity contribution < 1.29 is 13.2 Å². The minimum absolute atomic E-state index is 0.216. The Hall–Kier alpha value is -1.79. The summed E-state index contributed by atoms with van der Waals surface area (Å²) >= 11 is 0. The predicted molar refractivity (Wildman–Crippen MR) is 86.7 cm³/mol. The van der Waals surface area contributed by atoms with Gasteiger partial charge in [0.05, 0.1) is 4.90 Å². The van der Waals surface area contributed by atoms with Gasteiger partial charge in [0.25, 0.3) is 0 Å². The molecule has 120 valence electrons. The zero-order valence-electron chi connectivity index (χ0n) is 13.2. The number of ether oxygens (including phenoxy) is 1. The molecule has 2 N–H and O–H groups in total. The van der Waals surface area contributed by atoms with Gasteiger partial charge in [-0.2, -0.15) is 0 Å². The molecule has 6 heteroatoms. The highest BCUT2D eigenvalue weighted by atomic mass is 32.2. The van der Waals surface area contributed by atoms with Crippen molar-refractivity contribution >= 4 is 15.7 Å². The lowest BCUT2D eigenvalue weighted by Crippen LogP contribution is -2.09. The number of methoxy groups -OCH3 is 1. The summed E-state index contributed by atoms with van der Waals surface area (Å²) in [6.07, 6.45) is 0.778. The SMILES string of the molecule is COCCCn1c(C)c(C)c(S(=O)(=O)c2ccccc2)c1N. The molecule has 5 nitrogen and oxygen atoms in total. The zero-order chi connectivity index (χ0) is 16.3. The van der Waals surface area contributed by atoms with E-state index < -0.39 is 9.84 Å². The van der Waals surface area contributed by atoms with Gasteiger partial charge in [-0.1, -0.05) is 18.2 Å². The highest BCUT2D eigenvalue weighted by molar-refractivity contribution is 7.91. The van der Waals surface area contributed by atoms with Crippen LogP contribution in [0.25, 0.3) is 0 Å². The Balaban J connectivity index is 2.50. The maximum absolute atomic E-state index is 12.9. The van der Waals surface area contributed by atoms with E-state index in [4.69, 9.17) is 10.5 Å². The molecule has 0 aliphatic rings. The van der Waals surface area contributed by atoms with Gasteiger partial charge >= 0.3 is 0 Å². The normalized spacial score (nSPS) is 11.8. The molecule has 0 amide bonds. The molecular weight excluding hydrogens is 300 g/mol. The minimum Gasteiger partial charge on any atom is -0.385 e. The molecule has 0 aliphatic carbocycles. The van der Waals surface area contributed by atoms with Crippen LogP contribution in [0.2, 0.25) is 0 Å². The fraction of sp³-hybridized carbons (Fsp3) is 0.375. The summed E-state index contributed by atoms with van der Waals surface area (Å²) in [5.74, 6) is 0.301. The fourth-order valence-corrected chi connectivity index (χ4v) is 4.26. The van der Waals surface area contributed by atoms with E-state index in [9.17, 15) is 8.42 Å². The van der Waals surface area contributed by atoms with Crippen LogP contribution in [0.1, 0.15) is 17.7 Å². The van der Waals surface area contributed by atoms with Crippen LogP contribution in [0.5, 0.6) is 0 Å². The number of nitrogens with two attached hydrogens (primary N) is 1. The van der Waals surface area contributed by atoms with Crippen LogP contribution in [0.4, 0.5) is 5.82 Å². The topological polar surface area (TPSA) is 74.3 Å². The first-order chi connectivity index (χ1) is 10.4. The van der Waals surface area contributed by atoms with Gasteiger partial charge in [0.1, 0.15) is 10.7 Å². The summed E-state index contributed by atoms with van der Waals surface area (Å²) < 4.78 is 32.6. The van der Waals surface area contributed by atoms with E-state index in [1.165, 1.54) is 0 Å². The Bertz CT molecular complexity index is 749. The lowest BCUT2D eigenvalue weighted by molar-refractivity contribution is 0.190. The number of nitrogens with zero attached hydrogens (tertiary/aromatic N) is 1. The first kappa shape index (κ1) is 16.6. The number of anilines is 1. The minimum atomic E-state index is -3.61. The molecule has 0 saturated heterocycles. The van der Waals surface area contributed by atoms with Crippen molar-refractivity contribution in [1.82, 2.24) is 4.57 Å². The molecule has 22 heavy (non-hydrogen) atoms. The highest BCUT2D eigenvalue weighted by Crippen LogP contribution is 2.33. The number of aromatic nitrogens is 1. The van der Waals surface area contributed by atoms with Crippen molar-refractivity contribution in [3.8, 4) is 0 Å². The van der Waals surface area contributed by atoms with Crippen LogP contribution in [-0.4, -0.2) is 26.7 Å². The summed E-state index contributed by atoms with van der Waals surface area (Å²) in [7, 11) is -1.97. The monoisotopic (exact) mass is 322 g/mol. The quantitative estimate of drug-likeness (QED) is 0.829. The van der Waals surface area contributed by atoms with E-state index in [1.807, 2.05) is 11.5 Å². The molecule has 0 saturated carbocycles. The van der Waals surface area contributed by atoms with Gasteiger partial charge in [-0.3, -0.25) is 0 Å². The van der Waals surface area contributed by atoms with Crippen LogP contribution in [0.3, 0.4) is 0 Å². The van der Waals surface area contributed by atoms with E-state index >= 15 is 0 Å². The summed E-state index contributed by atoms with van der Waals surface area (Å²) in [5.41, 5.74) is 7.74. The Kier molecular flexibility index (Phi) is 4.93. The molecule has 2 aromatic rings. The van der Waals surface area contributed by atoms with E-state index in [0.29, 0.717) is 24.5 Å². The Morgan fingerprint density at radius 3 is 2.41 bits per heavy atom. The zero-order valence-corrected chi connectivity index (χ0v) is 14.0. The summed E-state index contributed by atoms with van der Waals surface area (Å²) in [4.78, 5) is 0.479. The molecule has 0 unspecified atom stereocenters. The average molecular weight is 322 g/mol. The predicted octanol–water partition coefficient (Wildman–Crippen LogP) is 2.56. The van der Waals surface area contributed by atoms with Crippen LogP contribution in [0, 0.1) is 13.8 Å². The van der Waals surface area contributed by atoms with Crippen molar-refractivity contribution in [1.29, 1.82) is 0 Å². The molecule has 0 aliphatic heterocycles. The van der Waals surface area contributed by atoms with Crippen molar-refractivity contribution in [3.63, 3.8) is 0 Å². The Labute approximate surface area is 131 Å². The Morgan fingerprint density at radius 2 is 1.82 bits per heavy atom. The molecule has 1 aromatic heterocycles. The van der Waals surface area contributed by atoms with Crippen LogP contribution >= 0.6 is 0 Å². The second-order valence-electron chi connectivity index (χ2n) is 5.24. The molecule has 1 aromatic carbocycles. The molecular formula is C16H22N2O3S. The first-order valence-electron chi connectivity index (χ1n) is 7.15. The average Bonchev–Trinajstić information content (AvgIpc) is 2.72. The number of hydrogen-bond acceptors (Lipinski definition) is 4. The number of sulfone groups is 1. The van der Waals surface area contributed by atoms with Gasteiger partial charge in [-0.15, -0.1) is 0 Å². The standard InChI is InChI=1S/C16H22N2O3S/c1-12-13(2)18(10-7-11-21-3)16(17)15(12)22(19,20)14-8-5-4-6-9-14/h4-6,8-9H,7,10-11,17H2,1-3H3. The largest absolute Gasteiger partial charge is 0.385 e. The molecule has 0 fully saturated rings. The van der Waals surface area contributed by atoms with Gasteiger partial charge in [-0.25, -0.2) is 8.42 Å². The highest BCUT2D eigenvalue weighted by Gasteiger charge is 2.27. The van der Waals surface area contributed by atoms with Gasteiger partial charge < -0.3 is 15.0 Å². The number of hydrogen-bond donors (Lipinski definition) is 1. The third-order valence-corrected chi connectivity index (χ3v) is 5.81.